The summed E-state index contributed by atoms with van der Waals surface area (Å²) in [7, 11) is 0. The number of carbonyl (C=O) groups excluding carboxylic acids is 2. The lowest BCUT2D eigenvalue weighted by Crippen LogP contribution is -2.24. The first-order chi connectivity index (χ1) is 15.2. The number of ether oxygens (including phenoxy) is 2. The maximum absolute atomic E-state index is 12.6. The molecule has 154 valence electrons. The Morgan fingerprint density at radius 1 is 1.00 bits per heavy atom. The molecule has 0 unspecified atom stereocenters. The van der Waals surface area contributed by atoms with Gasteiger partial charge >= 0.3 is 6.09 Å². The van der Waals surface area contributed by atoms with Crippen LogP contribution in [0.4, 0.5) is 10.5 Å². The van der Waals surface area contributed by atoms with E-state index < -0.39 is 0 Å². The number of carbonyl (C=O) groups is 2. The molecular formula is C25H20N2O4. The second-order valence-electron chi connectivity index (χ2n) is 6.71. The minimum Gasteiger partial charge on any atom is -0.457 e. The molecule has 0 aliphatic carbocycles. The summed E-state index contributed by atoms with van der Waals surface area (Å²) in [5.74, 6) is 6.83. The Labute approximate surface area is 180 Å². The van der Waals surface area contributed by atoms with E-state index in [0.29, 0.717) is 30.2 Å². The standard InChI is InChI=1S/C25H20N2O4/c28-24(22-10-4-5-11-23(22)31-21-8-2-1-3-9-21)26-16-6-7-19-12-14-20(15-13-19)27-17-18-30-25(27)29/h1-5,8-15H,16-18H2,(H,26,28). The largest absolute Gasteiger partial charge is 0.457 e. The summed E-state index contributed by atoms with van der Waals surface area (Å²) in [4.78, 5) is 25.8. The quantitative estimate of drug-likeness (QED) is 0.638. The van der Waals surface area contributed by atoms with Crippen LogP contribution < -0.4 is 15.0 Å². The van der Waals surface area contributed by atoms with E-state index >= 15 is 0 Å². The lowest BCUT2D eigenvalue weighted by atomic mass is 10.2. The molecule has 1 aliphatic rings. The van der Waals surface area contributed by atoms with Crippen molar-refractivity contribution in [2.24, 2.45) is 0 Å². The van der Waals surface area contributed by atoms with Gasteiger partial charge in [0.05, 0.1) is 18.7 Å². The molecular weight excluding hydrogens is 392 g/mol. The van der Waals surface area contributed by atoms with E-state index in [1.807, 2.05) is 60.7 Å². The topological polar surface area (TPSA) is 67.9 Å². The summed E-state index contributed by atoms with van der Waals surface area (Å²) in [5.41, 5.74) is 2.00. The Balaban J connectivity index is 1.35. The number of rotatable bonds is 5. The molecule has 31 heavy (non-hydrogen) atoms. The first-order valence-corrected chi connectivity index (χ1v) is 9.84. The number of nitrogens with zero attached hydrogens (tertiary/aromatic N) is 1. The van der Waals surface area contributed by atoms with Crippen LogP contribution in [0.2, 0.25) is 0 Å². The fraction of sp³-hybridized carbons (Fsp3) is 0.120. The SMILES string of the molecule is O=C(NCC#Cc1ccc(N2CCOC2=O)cc1)c1ccccc1Oc1ccccc1. The summed E-state index contributed by atoms with van der Waals surface area (Å²) in [6.07, 6.45) is -0.335. The molecule has 0 radical (unpaired) electrons. The molecule has 4 rings (SSSR count). The van der Waals surface area contributed by atoms with Gasteiger partial charge in [-0.3, -0.25) is 9.69 Å². The van der Waals surface area contributed by atoms with Gasteiger partial charge in [-0.05, 0) is 48.5 Å². The van der Waals surface area contributed by atoms with Gasteiger partial charge < -0.3 is 14.8 Å². The average molecular weight is 412 g/mol. The monoisotopic (exact) mass is 412 g/mol. The highest BCUT2D eigenvalue weighted by Crippen LogP contribution is 2.25. The van der Waals surface area contributed by atoms with E-state index in [0.717, 1.165) is 11.3 Å². The predicted molar refractivity (Wildman–Crippen MR) is 117 cm³/mol. The van der Waals surface area contributed by atoms with Crippen molar-refractivity contribution in [3.05, 3.63) is 90.0 Å². The van der Waals surface area contributed by atoms with Crippen LogP contribution in [0.3, 0.4) is 0 Å². The number of para-hydroxylation sites is 2. The molecule has 1 N–H and O–H groups in total. The van der Waals surface area contributed by atoms with E-state index in [-0.39, 0.29) is 18.5 Å². The van der Waals surface area contributed by atoms with Crippen molar-refractivity contribution < 1.29 is 19.1 Å². The molecule has 1 saturated heterocycles. The minimum absolute atomic E-state index is 0.193. The molecule has 1 heterocycles. The van der Waals surface area contributed by atoms with Crippen LogP contribution >= 0.6 is 0 Å². The van der Waals surface area contributed by atoms with E-state index in [1.54, 1.807) is 23.1 Å². The molecule has 6 heteroatoms. The van der Waals surface area contributed by atoms with Crippen LogP contribution in [0.15, 0.2) is 78.9 Å². The van der Waals surface area contributed by atoms with Gasteiger partial charge in [0.25, 0.3) is 5.91 Å². The van der Waals surface area contributed by atoms with E-state index in [9.17, 15) is 9.59 Å². The van der Waals surface area contributed by atoms with Gasteiger partial charge in [0, 0.05) is 11.3 Å². The predicted octanol–water partition coefficient (Wildman–Crippen LogP) is 4.22. The normalized spacial score (nSPS) is 12.5. The zero-order valence-corrected chi connectivity index (χ0v) is 16.7. The second-order valence-corrected chi connectivity index (χ2v) is 6.71. The minimum atomic E-state index is -0.335. The van der Waals surface area contributed by atoms with Crippen molar-refractivity contribution >= 4 is 17.7 Å². The maximum Gasteiger partial charge on any atom is 0.414 e. The van der Waals surface area contributed by atoms with E-state index in [1.165, 1.54) is 0 Å². The molecule has 3 aromatic rings. The third-order valence-corrected chi connectivity index (χ3v) is 4.61. The smallest absolute Gasteiger partial charge is 0.414 e. The van der Waals surface area contributed by atoms with Crippen LogP contribution in [0.25, 0.3) is 0 Å². The van der Waals surface area contributed by atoms with Gasteiger partial charge in [0.15, 0.2) is 0 Å². The third kappa shape index (κ3) is 5.03. The van der Waals surface area contributed by atoms with Gasteiger partial charge in [-0.15, -0.1) is 0 Å². The summed E-state index contributed by atoms with van der Waals surface area (Å²) in [5, 5.41) is 2.80. The molecule has 3 aromatic carbocycles. The molecule has 1 fully saturated rings. The van der Waals surface area contributed by atoms with Gasteiger partial charge in [-0.2, -0.15) is 0 Å². The third-order valence-electron chi connectivity index (χ3n) is 4.61. The van der Waals surface area contributed by atoms with Gasteiger partial charge in [0.1, 0.15) is 18.1 Å². The number of hydrogen-bond acceptors (Lipinski definition) is 4. The molecule has 0 spiro atoms. The van der Waals surface area contributed by atoms with Gasteiger partial charge in [0.2, 0.25) is 0 Å². The Kier molecular flexibility index (Phi) is 6.15. The van der Waals surface area contributed by atoms with Crippen LogP contribution in [-0.2, 0) is 4.74 Å². The van der Waals surface area contributed by atoms with Crippen molar-refractivity contribution in [2.75, 3.05) is 24.6 Å². The van der Waals surface area contributed by atoms with Crippen molar-refractivity contribution in [3.63, 3.8) is 0 Å². The number of hydrogen-bond donors (Lipinski definition) is 1. The molecule has 0 aromatic heterocycles. The van der Waals surface area contributed by atoms with Crippen LogP contribution in [-0.4, -0.2) is 31.7 Å². The van der Waals surface area contributed by atoms with Crippen molar-refractivity contribution in [2.45, 2.75) is 0 Å². The highest BCUT2D eigenvalue weighted by atomic mass is 16.6. The van der Waals surface area contributed by atoms with Crippen LogP contribution in [0.5, 0.6) is 11.5 Å². The fourth-order valence-electron chi connectivity index (χ4n) is 3.08. The zero-order chi connectivity index (χ0) is 21.5. The summed E-state index contributed by atoms with van der Waals surface area (Å²) in [6.45, 7) is 1.14. The van der Waals surface area contributed by atoms with E-state index in [2.05, 4.69) is 17.2 Å². The first-order valence-electron chi connectivity index (χ1n) is 9.84. The molecule has 0 bridgehead atoms. The number of nitrogens with one attached hydrogen (secondary N) is 1. The molecule has 2 amide bonds. The summed E-state index contributed by atoms with van der Waals surface area (Å²) >= 11 is 0. The lowest BCUT2D eigenvalue weighted by molar-refractivity contribution is 0.0956. The molecule has 0 atom stereocenters. The Hall–Kier alpha value is -4.24. The summed E-state index contributed by atoms with van der Waals surface area (Å²) < 4.78 is 10.8. The van der Waals surface area contributed by atoms with Gasteiger partial charge in [-0.25, -0.2) is 4.79 Å². The van der Waals surface area contributed by atoms with Crippen LogP contribution in [0, 0.1) is 11.8 Å². The Bertz CT molecular complexity index is 1130. The average Bonchev–Trinajstić information content (AvgIpc) is 3.24. The highest BCUT2D eigenvalue weighted by Gasteiger charge is 2.23. The van der Waals surface area contributed by atoms with Gasteiger partial charge in [-0.1, -0.05) is 42.2 Å². The number of cyclic esters (lactones) is 1. The zero-order valence-electron chi connectivity index (χ0n) is 16.7. The molecule has 6 nitrogen and oxygen atoms in total. The number of amides is 2. The molecule has 0 saturated carbocycles. The lowest BCUT2D eigenvalue weighted by Gasteiger charge is -2.12. The maximum atomic E-state index is 12.6. The van der Waals surface area contributed by atoms with Crippen molar-refractivity contribution in [1.82, 2.24) is 5.32 Å². The highest BCUT2D eigenvalue weighted by molar-refractivity contribution is 5.97. The van der Waals surface area contributed by atoms with Crippen molar-refractivity contribution in [3.8, 4) is 23.3 Å². The Morgan fingerprint density at radius 3 is 2.48 bits per heavy atom. The van der Waals surface area contributed by atoms with Crippen LogP contribution in [0.1, 0.15) is 15.9 Å². The molecule has 1 aliphatic heterocycles. The van der Waals surface area contributed by atoms with Crippen molar-refractivity contribution in [1.29, 1.82) is 0 Å². The Morgan fingerprint density at radius 2 is 1.74 bits per heavy atom. The summed E-state index contributed by atoms with van der Waals surface area (Å²) in [6, 6.07) is 23.7. The second kappa shape index (κ2) is 9.51. The van der Waals surface area contributed by atoms with E-state index in [4.69, 9.17) is 9.47 Å². The fourth-order valence-corrected chi connectivity index (χ4v) is 3.08. The number of anilines is 1. The number of benzene rings is 3. The first kappa shape index (κ1) is 20.0.